The van der Waals surface area contributed by atoms with E-state index in [1.165, 1.54) is 28.8 Å². The minimum atomic E-state index is -0.805. The number of halogens is 1. The second kappa shape index (κ2) is 7.64. The average Bonchev–Trinajstić information content (AvgIpc) is 3.20. The summed E-state index contributed by atoms with van der Waals surface area (Å²) in [5.74, 6) is 0.350. The minimum Gasteiger partial charge on any atom is -0.462 e. The molecule has 0 amide bonds. The van der Waals surface area contributed by atoms with Crippen molar-refractivity contribution in [2.24, 2.45) is 5.41 Å². The summed E-state index contributed by atoms with van der Waals surface area (Å²) in [4.78, 5) is 26.0. The van der Waals surface area contributed by atoms with Gasteiger partial charge >= 0.3 is 0 Å². The fraction of sp³-hybridized carbons (Fsp3) is 0.227. The fourth-order valence-corrected chi connectivity index (χ4v) is 3.79. The van der Waals surface area contributed by atoms with E-state index in [0.717, 1.165) is 11.3 Å². The SMILES string of the molecule is Cc1ccc(/C=c2\s/c(=C(/C#N)C(=O)C(C)(C)C)n(-c3ccc(F)cc3)c2=O)o1. The molecule has 3 rings (SSSR count). The van der Waals surface area contributed by atoms with Gasteiger partial charge in [-0.05, 0) is 43.3 Å². The van der Waals surface area contributed by atoms with E-state index in [0.29, 0.717) is 21.7 Å². The molecule has 1 aromatic carbocycles. The third kappa shape index (κ3) is 4.13. The summed E-state index contributed by atoms with van der Waals surface area (Å²) < 4.78 is 20.7. The van der Waals surface area contributed by atoms with Crippen LogP contribution in [-0.2, 0) is 4.79 Å². The Hall–Kier alpha value is -3.24. The smallest absolute Gasteiger partial charge is 0.273 e. The van der Waals surface area contributed by atoms with E-state index in [2.05, 4.69) is 0 Å². The van der Waals surface area contributed by atoms with Gasteiger partial charge < -0.3 is 4.42 Å². The summed E-state index contributed by atoms with van der Waals surface area (Å²) in [5.41, 5.74) is -0.965. The van der Waals surface area contributed by atoms with Gasteiger partial charge in [-0.3, -0.25) is 14.2 Å². The van der Waals surface area contributed by atoms with Crippen LogP contribution in [0, 0.1) is 29.5 Å². The summed E-state index contributed by atoms with van der Waals surface area (Å²) in [7, 11) is 0. The number of nitrogens with zero attached hydrogens (tertiary/aromatic N) is 2. The van der Waals surface area contributed by atoms with Gasteiger partial charge in [-0.1, -0.05) is 20.8 Å². The molecule has 0 aliphatic carbocycles. The fourth-order valence-electron chi connectivity index (χ4n) is 2.71. The molecule has 0 atom stereocenters. The van der Waals surface area contributed by atoms with Crippen molar-refractivity contribution >= 4 is 28.8 Å². The molecule has 0 radical (unpaired) electrons. The molecule has 0 aliphatic rings. The summed E-state index contributed by atoms with van der Waals surface area (Å²) in [5, 5.41) is 9.72. The predicted octanol–water partition coefficient (Wildman–Crippen LogP) is 3.06. The van der Waals surface area contributed by atoms with Gasteiger partial charge in [-0.2, -0.15) is 5.26 Å². The van der Waals surface area contributed by atoms with Gasteiger partial charge in [-0.15, -0.1) is 11.3 Å². The molecular formula is C22H19FN2O3S. The normalized spacial score (nSPS) is 13.3. The molecule has 3 aromatic rings. The molecule has 29 heavy (non-hydrogen) atoms. The second-order valence-electron chi connectivity index (χ2n) is 7.55. The van der Waals surface area contributed by atoms with Crippen molar-refractivity contribution in [2.75, 3.05) is 0 Å². The molecule has 2 heterocycles. The number of nitriles is 1. The lowest BCUT2D eigenvalue weighted by atomic mass is 9.87. The largest absolute Gasteiger partial charge is 0.462 e. The number of rotatable bonds is 3. The van der Waals surface area contributed by atoms with E-state index in [1.54, 1.807) is 45.9 Å². The minimum absolute atomic E-state index is 0.112. The molecule has 0 spiro atoms. The zero-order valence-electron chi connectivity index (χ0n) is 16.4. The van der Waals surface area contributed by atoms with Gasteiger partial charge in [0.05, 0.1) is 10.2 Å². The molecule has 0 saturated carbocycles. The van der Waals surface area contributed by atoms with Crippen molar-refractivity contribution in [3.63, 3.8) is 0 Å². The van der Waals surface area contributed by atoms with Crippen LogP contribution in [0.5, 0.6) is 0 Å². The van der Waals surface area contributed by atoms with Gasteiger partial charge in [0.2, 0.25) is 0 Å². The van der Waals surface area contributed by atoms with Gasteiger partial charge in [0.1, 0.15) is 33.6 Å². The van der Waals surface area contributed by atoms with Crippen LogP contribution in [0.3, 0.4) is 0 Å². The van der Waals surface area contributed by atoms with Crippen LogP contribution >= 0.6 is 11.3 Å². The number of hydrogen-bond donors (Lipinski definition) is 0. The number of benzene rings is 1. The third-order valence-corrected chi connectivity index (χ3v) is 5.27. The Labute approximate surface area is 170 Å². The van der Waals surface area contributed by atoms with Crippen molar-refractivity contribution in [3.8, 4) is 11.8 Å². The summed E-state index contributed by atoms with van der Waals surface area (Å²) in [6.07, 6.45) is 1.57. The highest BCUT2D eigenvalue weighted by molar-refractivity contribution is 7.07. The highest BCUT2D eigenvalue weighted by Gasteiger charge is 2.27. The van der Waals surface area contributed by atoms with Crippen LogP contribution in [0.4, 0.5) is 4.39 Å². The summed E-state index contributed by atoms with van der Waals surface area (Å²) >= 11 is 1.03. The zero-order chi connectivity index (χ0) is 21.3. The summed E-state index contributed by atoms with van der Waals surface area (Å²) in [6, 6.07) is 10.8. The van der Waals surface area contributed by atoms with E-state index in [9.17, 15) is 19.2 Å². The molecule has 5 nitrogen and oxygen atoms in total. The summed E-state index contributed by atoms with van der Waals surface area (Å²) in [6.45, 7) is 6.91. The van der Waals surface area contributed by atoms with Crippen molar-refractivity contribution < 1.29 is 13.6 Å². The van der Waals surface area contributed by atoms with E-state index in [1.807, 2.05) is 6.07 Å². The van der Waals surface area contributed by atoms with Gasteiger partial charge in [-0.25, -0.2) is 4.39 Å². The van der Waals surface area contributed by atoms with Crippen molar-refractivity contribution in [3.05, 3.63) is 73.3 Å². The van der Waals surface area contributed by atoms with Crippen LogP contribution in [0.1, 0.15) is 32.3 Å². The number of thiazole rings is 1. The van der Waals surface area contributed by atoms with Crippen molar-refractivity contribution in [1.29, 1.82) is 5.26 Å². The number of Topliss-reactive ketones (excluding diaryl/α,β-unsaturated/α-hetero) is 1. The van der Waals surface area contributed by atoms with E-state index in [-0.39, 0.29) is 16.0 Å². The van der Waals surface area contributed by atoms with Crippen LogP contribution in [0.15, 0.2) is 45.6 Å². The topological polar surface area (TPSA) is 76.0 Å². The average molecular weight is 410 g/mol. The molecule has 0 bridgehead atoms. The van der Waals surface area contributed by atoms with E-state index in [4.69, 9.17) is 4.42 Å². The Morgan fingerprint density at radius 3 is 2.38 bits per heavy atom. The Morgan fingerprint density at radius 1 is 1.21 bits per heavy atom. The van der Waals surface area contributed by atoms with Gasteiger partial charge in [0.15, 0.2) is 5.78 Å². The molecule has 148 valence electrons. The highest BCUT2D eigenvalue weighted by atomic mass is 32.1. The molecule has 0 unspecified atom stereocenters. The zero-order valence-corrected chi connectivity index (χ0v) is 17.3. The number of hydrogen-bond acceptors (Lipinski definition) is 5. The van der Waals surface area contributed by atoms with Crippen LogP contribution in [0.2, 0.25) is 0 Å². The lowest BCUT2D eigenvalue weighted by Crippen LogP contribution is -2.33. The Bertz CT molecular complexity index is 1300. The first-order valence-corrected chi connectivity index (χ1v) is 9.68. The molecule has 0 N–H and O–H groups in total. The first-order chi connectivity index (χ1) is 13.6. The monoisotopic (exact) mass is 410 g/mol. The number of carbonyl (C=O) groups excluding carboxylic acids is 1. The first-order valence-electron chi connectivity index (χ1n) is 8.87. The molecule has 2 aromatic heterocycles. The second-order valence-corrected chi connectivity index (χ2v) is 8.58. The maximum Gasteiger partial charge on any atom is 0.273 e. The van der Waals surface area contributed by atoms with E-state index >= 15 is 0 Å². The molecular weight excluding hydrogens is 391 g/mol. The Balaban J connectivity index is 2.43. The first kappa shape index (κ1) is 20.5. The lowest BCUT2D eigenvalue weighted by molar-refractivity contribution is -0.120. The van der Waals surface area contributed by atoms with Gasteiger partial charge in [0, 0.05) is 11.5 Å². The number of ketones is 1. The lowest BCUT2D eigenvalue weighted by Gasteiger charge is -2.15. The van der Waals surface area contributed by atoms with Crippen LogP contribution in [-0.4, -0.2) is 10.4 Å². The third-order valence-electron chi connectivity index (χ3n) is 4.18. The molecule has 0 aliphatic heterocycles. The van der Waals surface area contributed by atoms with Gasteiger partial charge in [0.25, 0.3) is 5.56 Å². The van der Waals surface area contributed by atoms with Crippen molar-refractivity contribution in [1.82, 2.24) is 4.57 Å². The quantitative estimate of drug-likeness (QED) is 0.665. The molecule has 0 fully saturated rings. The predicted molar refractivity (Wildman–Crippen MR) is 110 cm³/mol. The van der Waals surface area contributed by atoms with E-state index < -0.39 is 16.8 Å². The standard InChI is InChI=1S/C22H19FN2O3S/c1-13-5-10-16(28-13)11-18-20(27)25(15-8-6-14(23)7-9-15)21(29-18)17(12-24)19(26)22(2,3)4/h5-11H,1-4H3/b18-11-,21-17-. The molecule has 7 heteroatoms. The number of aryl methyl sites for hydroxylation is 1. The highest BCUT2D eigenvalue weighted by Crippen LogP contribution is 2.20. The Kier molecular flexibility index (Phi) is 5.40. The number of aromatic nitrogens is 1. The van der Waals surface area contributed by atoms with Crippen LogP contribution in [0.25, 0.3) is 17.3 Å². The molecule has 0 saturated heterocycles. The number of carbonyl (C=O) groups is 1. The van der Waals surface area contributed by atoms with Crippen molar-refractivity contribution in [2.45, 2.75) is 27.7 Å². The Morgan fingerprint density at radius 2 is 1.86 bits per heavy atom. The maximum absolute atomic E-state index is 13.4. The van der Waals surface area contributed by atoms with Crippen LogP contribution < -0.4 is 14.8 Å². The number of furan rings is 1. The maximum atomic E-state index is 13.4.